The maximum atomic E-state index is 15.9. The second-order valence-electron chi connectivity index (χ2n) is 11.1. The third-order valence-corrected chi connectivity index (χ3v) is 7.93. The van der Waals surface area contributed by atoms with Crippen LogP contribution in [0.25, 0.3) is 16.7 Å². The average Bonchev–Trinajstić information content (AvgIpc) is 2.95. The Morgan fingerprint density at radius 2 is 1.87 bits per heavy atom. The predicted octanol–water partition coefficient (Wildman–Crippen LogP) is 6.74. The molecule has 2 aromatic carbocycles. The number of pyridine rings is 1. The molecule has 1 heterocycles. The summed E-state index contributed by atoms with van der Waals surface area (Å²) in [6.07, 6.45) is 8.62. The first-order chi connectivity index (χ1) is 20.3. The SMILES string of the molecule is COc1cc(O[N-]CC(c2cc(C(C)(C)O)c(F)c(-c3ccc(F)c(Cl)c3Cl)n2)C2C=CC=CC2)cc(C)c1N=C(C)C.N.[K+]. The van der Waals surface area contributed by atoms with Gasteiger partial charge in [-0.25, -0.2) is 13.8 Å². The fraction of sp³-hybridized carbons (Fsp3) is 0.333. The first-order valence-corrected chi connectivity index (χ1v) is 14.5. The van der Waals surface area contributed by atoms with Crippen LogP contribution in [0, 0.1) is 24.5 Å². The topological polar surface area (TPSA) is 113 Å². The molecule has 0 amide bonds. The number of methoxy groups -OCH3 is 1. The molecule has 1 aliphatic rings. The number of rotatable bonds is 10. The zero-order valence-corrected chi connectivity index (χ0v) is 31.2. The Hall–Kier alpha value is -1.70. The van der Waals surface area contributed by atoms with Crippen molar-refractivity contribution < 1.29 is 74.8 Å². The number of hydrogen-bond donors (Lipinski definition) is 2. The molecule has 7 nitrogen and oxygen atoms in total. The number of nitrogens with zero attached hydrogens (tertiary/aromatic N) is 3. The van der Waals surface area contributed by atoms with Gasteiger partial charge in [0.1, 0.15) is 28.7 Å². The van der Waals surface area contributed by atoms with E-state index >= 15 is 4.39 Å². The molecule has 0 bridgehead atoms. The second-order valence-corrected chi connectivity index (χ2v) is 11.9. The van der Waals surface area contributed by atoms with Crippen molar-refractivity contribution in [3.8, 4) is 22.8 Å². The molecule has 0 saturated heterocycles. The summed E-state index contributed by atoms with van der Waals surface area (Å²) in [4.78, 5) is 15.1. The Morgan fingerprint density at radius 1 is 1.16 bits per heavy atom. The van der Waals surface area contributed by atoms with Crippen LogP contribution >= 0.6 is 23.2 Å². The number of aryl methyl sites for hydroxylation is 1. The number of aromatic nitrogens is 1. The number of hydrogen-bond acceptors (Lipinski definition) is 6. The summed E-state index contributed by atoms with van der Waals surface area (Å²) < 4.78 is 35.6. The van der Waals surface area contributed by atoms with Crippen LogP contribution in [-0.2, 0) is 5.60 Å². The van der Waals surface area contributed by atoms with Crippen LogP contribution in [0.3, 0.4) is 0 Å². The monoisotopic (exact) mass is 684 g/mol. The zero-order valence-electron chi connectivity index (χ0n) is 26.6. The minimum atomic E-state index is -1.57. The second kappa shape index (κ2) is 16.9. The molecule has 0 spiro atoms. The van der Waals surface area contributed by atoms with Crippen LogP contribution in [0.1, 0.15) is 56.9 Å². The predicted molar refractivity (Wildman–Crippen MR) is 174 cm³/mol. The first-order valence-electron chi connectivity index (χ1n) is 13.8. The van der Waals surface area contributed by atoms with Gasteiger partial charge in [-0.15, -0.1) is 6.54 Å². The smallest absolute Gasteiger partial charge is 0.587 e. The molecule has 12 heteroatoms. The van der Waals surface area contributed by atoms with Gasteiger partial charge in [0.25, 0.3) is 0 Å². The summed E-state index contributed by atoms with van der Waals surface area (Å²) in [7, 11) is 1.57. The van der Waals surface area contributed by atoms with Crippen LogP contribution in [0.2, 0.25) is 10.0 Å². The molecular formula is C33H37Cl2F2KN4O3. The van der Waals surface area contributed by atoms with Crippen LogP contribution in [0.4, 0.5) is 14.5 Å². The van der Waals surface area contributed by atoms with Crippen molar-refractivity contribution in [3.05, 3.63) is 98.6 Å². The molecule has 0 radical (unpaired) electrons. The molecule has 4 N–H and O–H groups in total. The van der Waals surface area contributed by atoms with Gasteiger partial charge in [0, 0.05) is 28.6 Å². The van der Waals surface area contributed by atoms with Crippen LogP contribution in [0.5, 0.6) is 11.5 Å². The van der Waals surface area contributed by atoms with E-state index in [1.54, 1.807) is 13.2 Å². The van der Waals surface area contributed by atoms with Crippen LogP contribution in [0.15, 0.2) is 59.6 Å². The summed E-state index contributed by atoms with van der Waals surface area (Å²) in [5, 5.41) is 10.4. The molecule has 2 atom stereocenters. The summed E-state index contributed by atoms with van der Waals surface area (Å²) in [5.74, 6) is -0.939. The van der Waals surface area contributed by atoms with Crippen molar-refractivity contribution in [2.75, 3.05) is 13.7 Å². The van der Waals surface area contributed by atoms with Gasteiger partial charge in [0.2, 0.25) is 0 Å². The van der Waals surface area contributed by atoms with E-state index in [2.05, 4.69) is 15.5 Å². The summed E-state index contributed by atoms with van der Waals surface area (Å²) in [5.41, 5.74) is 5.74. The van der Waals surface area contributed by atoms with Crippen molar-refractivity contribution in [2.45, 2.75) is 52.6 Å². The molecule has 2 unspecified atom stereocenters. The normalized spacial score (nSPS) is 14.7. The minimum absolute atomic E-state index is 0. The zero-order chi connectivity index (χ0) is 31.5. The molecule has 3 aromatic rings. The number of aliphatic imine (C=N–C) groups is 1. The Balaban J connectivity index is 0.00000353. The first kappa shape index (κ1) is 39.5. The van der Waals surface area contributed by atoms with E-state index in [4.69, 9.17) is 32.8 Å². The van der Waals surface area contributed by atoms with Crippen molar-refractivity contribution >= 4 is 34.6 Å². The molecule has 1 aromatic heterocycles. The van der Waals surface area contributed by atoms with Crippen molar-refractivity contribution in [1.82, 2.24) is 11.1 Å². The number of hydroxylamine groups is 1. The minimum Gasteiger partial charge on any atom is -0.587 e. The molecular weight excluding hydrogens is 648 g/mol. The van der Waals surface area contributed by atoms with Gasteiger partial charge in [-0.1, -0.05) is 47.5 Å². The summed E-state index contributed by atoms with van der Waals surface area (Å²) in [6.45, 7) is 8.84. The third-order valence-electron chi connectivity index (χ3n) is 7.07. The van der Waals surface area contributed by atoms with Gasteiger partial charge in [0.15, 0.2) is 5.82 Å². The molecule has 236 valence electrons. The van der Waals surface area contributed by atoms with Gasteiger partial charge in [-0.3, -0.25) is 4.99 Å². The van der Waals surface area contributed by atoms with E-state index in [0.29, 0.717) is 29.3 Å². The Morgan fingerprint density at radius 3 is 2.47 bits per heavy atom. The number of halogens is 4. The number of benzene rings is 2. The average molecular weight is 686 g/mol. The maximum Gasteiger partial charge on any atom is 1.00 e. The van der Waals surface area contributed by atoms with E-state index in [9.17, 15) is 9.50 Å². The summed E-state index contributed by atoms with van der Waals surface area (Å²) >= 11 is 12.4. The Bertz CT molecular complexity index is 1610. The molecule has 0 aliphatic heterocycles. The molecule has 4 rings (SSSR count). The van der Waals surface area contributed by atoms with Crippen LogP contribution < -0.4 is 67.1 Å². The maximum absolute atomic E-state index is 15.9. The largest absolute Gasteiger partial charge is 1.00 e. The number of aliphatic hydroxyl groups is 1. The standard InChI is InChI=1S/C33H34Cl2F2N3O3.K.H3N/c1-18(2)39-31-19(3)14-21(15-27(31)42-6)43-38-17-23(20-10-8-7-9-11-20)26-16-24(33(4,5)41)30(37)32(40-26)22-12-13-25(36)29(35)28(22)34;;/h7-10,12-16,20,23,41H,11,17H2,1-6H3;;1H3/q-1;+1;. The van der Waals surface area contributed by atoms with Crippen LogP contribution in [-0.4, -0.2) is 29.5 Å². The third kappa shape index (κ3) is 9.44. The number of allylic oxidation sites excluding steroid dienone is 4. The van der Waals surface area contributed by atoms with Crippen molar-refractivity contribution in [2.24, 2.45) is 10.9 Å². The quantitative estimate of drug-likeness (QED) is 0.106. The van der Waals surface area contributed by atoms with Gasteiger partial charge >= 0.3 is 51.4 Å². The van der Waals surface area contributed by atoms with Gasteiger partial charge in [-0.2, -0.15) is 0 Å². The van der Waals surface area contributed by atoms with E-state index in [-0.39, 0.29) is 103 Å². The van der Waals surface area contributed by atoms with Gasteiger partial charge in [0.05, 0.1) is 22.8 Å². The van der Waals surface area contributed by atoms with E-state index in [1.165, 1.54) is 26.0 Å². The van der Waals surface area contributed by atoms with E-state index in [0.717, 1.165) is 17.3 Å². The van der Waals surface area contributed by atoms with Gasteiger partial charge < -0.3 is 26.3 Å². The van der Waals surface area contributed by atoms with Crippen molar-refractivity contribution in [3.63, 3.8) is 0 Å². The molecule has 45 heavy (non-hydrogen) atoms. The Kier molecular flexibility index (Phi) is 14.8. The molecule has 1 aliphatic carbocycles. The van der Waals surface area contributed by atoms with Gasteiger partial charge in [-0.05, 0) is 82.7 Å². The molecule has 0 fully saturated rings. The van der Waals surface area contributed by atoms with E-state index < -0.39 is 17.2 Å². The summed E-state index contributed by atoms with van der Waals surface area (Å²) in [6, 6.07) is 7.51. The fourth-order valence-corrected chi connectivity index (χ4v) is 5.31. The van der Waals surface area contributed by atoms with E-state index in [1.807, 2.05) is 51.1 Å². The van der Waals surface area contributed by atoms with Crippen molar-refractivity contribution in [1.29, 1.82) is 0 Å². The number of ether oxygens (including phenoxy) is 1. The molecule has 0 saturated carbocycles. The fourth-order valence-electron chi connectivity index (χ4n) is 4.90. The Labute approximate surface area is 316 Å².